The molecule has 0 aromatic rings. The van der Waals surface area contributed by atoms with Crippen molar-refractivity contribution in [2.45, 2.75) is 76.4 Å². The Morgan fingerprint density at radius 3 is 2.57 bits per heavy atom. The molecule has 0 aromatic carbocycles. The summed E-state index contributed by atoms with van der Waals surface area (Å²) in [6.45, 7) is 8.33. The summed E-state index contributed by atoms with van der Waals surface area (Å²) in [6, 6.07) is 0.709. The van der Waals surface area contributed by atoms with Crippen molar-refractivity contribution in [3.05, 3.63) is 0 Å². The first-order valence-corrected chi connectivity index (χ1v) is 9.39. The minimum absolute atomic E-state index is 0.250. The Hall–Kier alpha value is -0.120. The van der Waals surface area contributed by atoms with Crippen molar-refractivity contribution in [2.24, 2.45) is 5.92 Å². The van der Waals surface area contributed by atoms with Gasteiger partial charge in [-0.15, -0.1) is 0 Å². The summed E-state index contributed by atoms with van der Waals surface area (Å²) in [5, 5.41) is 3.90. The lowest BCUT2D eigenvalue weighted by molar-refractivity contribution is -0.109. The van der Waals surface area contributed by atoms with Gasteiger partial charge in [-0.05, 0) is 70.6 Å². The molecule has 3 nitrogen and oxygen atoms in total. The second-order valence-corrected chi connectivity index (χ2v) is 7.57. The molecular weight excluding hydrogens is 260 g/mol. The van der Waals surface area contributed by atoms with Crippen LogP contribution in [0.5, 0.6) is 0 Å². The molecule has 0 amide bonds. The smallest absolute Gasteiger partial charge is 0.0697 e. The number of nitrogens with one attached hydrogen (secondary N) is 1. The average molecular weight is 294 g/mol. The lowest BCUT2D eigenvalue weighted by atomic mass is 9.78. The largest absolute Gasteiger partial charge is 0.375 e. The van der Waals surface area contributed by atoms with E-state index in [2.05, 4.69) is 17.1 Å². The fraction of sp³-hybridized carbons (Fsp3) is 1.00. The second-order valence-electron chi connectivity index (χ2n) is 7.57. The predicted molar refractivity (Wildman–Crippen MR) is 87.6 cm³/mol. The third kappa shape index (κ3) is 4.20. The molecule has 0 bridgehead atoms. The molecule has 1 spiro atoms. The zero-order valence-electron chi connectivity index (χ0n) is 13.9. The summed E-state index contributed by atoms with van der Waals surface area (Å²) in [4.78, 5) is 2.59. The Bertz CT molecular complexity index is 301. The lowest BCUT2D eigenvalue weighted by Gasteiger charge is -2.44. The van der Waals surface area contributed by atoms with Crippen LogP contribution in [-0.2, 0) is 4.74 Å². The Morgan fingerprint density at radius 2 is 1.86 bits per heavy atom. The van der Waals surface area contributed by atoms with Gasteiger partial charge in [-0.3, -0.25) is 0 Å². The zero-order valence-corrected chi connectivity index (χ0v) is 13.9. The summed E-state index contributed by atoms with van der Waals surface area (Å²) < 4.78 is 6.21. The number of nitrogens with zero attached hydrogens (tertiary/aromatic N) is 1. The molecule has 1 unspecified atom stereocenters. The predicted octanol–water partition coefficient (Wildman–Crippen LogP) is 3.19. The Kier molecular flexibility index (Phi) is 5.58. The van der Waals surface area contributed by atoms with E-state index < -0.39 is 0 Å². The highest BCUT2D eigenvalue weighted by atomic mass is 16.5. The quantitative estimate of drug-likeness (QED) is 0.862. The van der Waals surface area contributed by atoms with Crippen LogP contribution in [0.3, 0.4) is 0 Å². The minimum Gasteiger partial charge on any atom is -0.375 e. The molecular formula is C18H34N2O. The van der Waals surface area contributed by atoms with E-state index in [0.29, 0.717) is 6.04 Å². The number of likely N-dealkylation sites (tertiary alicyclic amines) is 1. The summed E-state index contributed by atoms with van der Waals surface area (Å²) >= 11 is 0. The van der Waals surface area contributed by atoms with E-state index in [1.165, 1.54) is 84.0 Å². The highest BCUT2D eigenvalue weighted by Crippen LogP contribution is 2.38. The van der Waals surface area contributed by atoms with Gasteiger partial charge < -0.3 is 15.0 Å². The van der Waals surface area contributed by atoms with Crippen LogP contribution >= 0.6 is 0 Å². The van der Waals surface area contributed by atoms with Gasteiger partial charge in [0.1, 0.15) is 0 Å². The Morgan fingerprint density at radius 1 is 1.10 bits per heavy atom. The van der Waals surface area contributed by atoms with E-state index in [1.54, 1.807) is 0 Å². The maximum Gasteiger partial charge on any atom is 0.0697 e. The number of hydrogen-bond acceptors (Lipinski definition) is 3. The molecule has 3 rings (SSSR count). The normalized spacial score (nSPS) is 31.6. The molecule has 1 aliphatic carbocycles. The second kappa shape index (κ2) is 7.43. The first kappa shape index (κ1) is 15.8. The summed E-state index contributed by atoms with van der Waals surface area (Å²) in [7, 11) is 0. The van der Waals surface area contributed by atoms with Gasteiger partial charge in [-0.2, -0.15) is 0 Å². The number of piperidine rings is 1. The maximum atomic E-state index is 6.21. The van der Waals surface area contributed by atoms with E-state index in [9.17, 15) is 0 Å². The summed E-state index contributed by atoms with van der Waals surface area (Å²) in [6.07, 6.45) is 12.0. The van der Waals surface area contributed by atoms with Crippen molar-refractivity contribution in [1.29, 1.82) is 0 Å². The molecule has 1 saturated carbocycles. The standard InChI is InChI=1S/C18H34N2O/c1-2-20-11-6-16(7-12-20)15-19-17-8-13-21-18(14-17)9-4-3-5-10-18/h16-17,19H,2-15H2,1H3. The van der Waals surface area contributed by atoms with Crippen LogP contribution in [0.25, 0.3) is 0 Å². The molecule has 122 valence electrons. The van der Waals surface area contributed by atoms with E-state index >= 15 is 0 Å². The van der Waals surface area contributed by atoms with Crippen LogP contribution in [-0.4, -0.2) is 49.3 Å². The van der Waals surface area contributed by atoms with E-state index in [0.717, 1.165) is 12.5 Å². The Balaban J connectivity index is 1.41. The molecule has 3 heteroatoms. The third-order valence-corrected chi connectivity index (χ3v) is 6.11. The van der Waals surface area contributed by atoms with Crippen molar-refractivity contribution in [3.63, 3.8) is 0 Å². The molecule has 0 radical (unpaired) electrons. The van der Waals surface area contributed by atoms with Gasteiger partial charge in [-0.1, -0.05) is 26.2 Å². The molecule has 2 aliphatic heterocycles. The van der Waals surface area contributed by atoms with Gasteiger partial charge in [0.25, 0.3) is 0 Å². The van der Waals surface area contributed by atoms with Gasteiger partial charge in [0, 0.05) is 12.6 Å². The first-order valence-electron chi connectivity index (χ1n) is 9.39. The molecule has 1 atom stereocenters. The monoisotopic (exact) mass is 294 g/mol. The SMILES string of the molecule is CCN1CCC(CNC2CCOC3(CCCCC3)C2)CC1. The zero-order chi connectivity index (χ0) is 14.5. The van der Waals surface area contributed by atoms with Gasteiger partial charge in [0.2, 0.25) is 0 Å². The maximum absolute atomic E-state index is 6.21. The van der Waals surface area contributed by atoms with Gasteiger partial charge in [0.15, 0.2) is 0 Å². The molecule has 21 heavy (non-hydrogen) atoms. The summed E-state index contributed by atoms with van der Waals surface area (Å²) in [5.41, 5.74) is 0.250. The fourth-order valence-electron chi connectivity index (χ4n) is 4.59. The van der Waals surface area contributed by atoms with Gasteiger partial charge in [0.05, 0.1) is 5.60 Å². The van der Waals surface area contributed by atoms with E-state index in [1.807, 2.05) is 0 Å². The number of hydrogen-bond donors (Lipinski definition) is 1. The minimum atomic E-state index is 0.250. The van der Waals surface area contributed by atoms with Crippen molar-refractivity contribution in [3.8, 4) is 0 Å². The van der Waals surface area contributed by atoms with Crippen molar-refractivity contribution in [1.82, 2.24) is 10.2 Å². The summed E-state index contributed by atoms with van der Waals surface area (Å²) in [5.74, 6) is 0.901. The van der Waals surface area contributed by atoms with Crippen LogP contribution in [0.1, 0.15) is 64.7 Å². The van der Waals surface area contributed by atoms with Crippen LogP contribution in [0, 0.1) is 5.92 Å². The van der Waals surface area contributed by atoms with Crippen molar-refractivity contribution < 1.29 is 4.74 Å². The fourth-order valence-corrected chi connectivity index (χ4v) is 4.59. The van der Waals surface area contributed by atoms with E-state index in [4.69, 9.17) is 4.74 Å². The molecule has 1 N–H and O–H groups in total. The molecule has 2 saturated heterocycles. The number of ether oxygens (including phenoxy) is 1. The van der Waals surface area contributed by atoms with Crippen LogP contribution in [0.15, 0.2) is 0 Å². The molecule has 3 fully saturated rings. The molecule has 3 aliphatic rings. The van der Waals surface area contributed by atoms with Crippen LogP contribution < -0.4 is 5.32 Å². The highest BCUT2D eigenvalue weighted by molar-refractivity contribution is 4.92. The number of rotatable bonds is 4. The van der Waals surface area contributed by atoms with Gasteiger partial charge >= 0.3 is 0 Å². The Labute approximate surface area is 130 Å². The van der Waals surface area contributed by atoms with Gasteiger partial charge in [-0.25, -0.2) is 0 Å². The average Bonchev–Trinajstić information content (AvgIpc) is 2.54. The topological polar surface area (TPSA) is 24.5 Å². The van der Waals surface area contributed by atoms with Crippen LogP contribution in [0.2, 0.25) is 0 Å². The first-order chi connectivity index (χ1) is 10.3. The third-order valence-electron chi connectivity index (χ3n) is 6.11. The van der Waals surface area contributed by atoms with Crippen LogP contribution in [0.4, 0.5) is 0 Å². The molecule has 2 heterocycles. The van der Waals surface area contributed by atoms with Crippen molar-refractivity contribution >= 4 is 0 Å². The highest BCUT2D eigenvalue weighted by Gasteiger charge is 2.38. The lowest BCUT2D eigenvalue weighted by Crippen LogP contribution is -2.49. The molecule has 0 aromatic heterocycles. The van der Waals surface area contributed by atoms with Crippen molar-refractivity contribution in [2.75, 3.05) is 32.8 Å². The van der Waals surface area contributed by atoms with E-state index in [-0.39, 0.29) is 5.60 Å².